The van der Waals surface area contributed by atoms with Gasteiger partial charge >= 0.3 is 0 Å². The first-order chi connectivity index (χ1) is 8.08. The maximum absolute atomic E-state index is 8.76. The van der Waals surface area contributed by atoms with Crippen molar-refractivity contribution < 1.29 is 4.74 Å². The maximum Gasteiger partial charge on any atom is 0.119 e. The third kappa shape index (κ3) is 3.92. The minimum Gasteiger partial charge on any atom is -0.493 e. The van der Waals surface area contributed by atoms with Crippen LogP contribution in [0.5, 0.6) is 5.75 Å². The number of benzene rings is 1. The van der Waals surface area contributed by atoms with E-state index in [0.29, 0.717) is 13.0 Å². The lowest BCUT2D eigenvalue weighted by molar-refractivity contribution is 0.300. The Bertz CT molecular complexity index is 403. The summed E-state index contributed by atoms with van der Waals surface area (Å²) in [5.74, 6) is 0.803. The van der Waals surface area contributed by atoms with E-state index in [1.54, 1.807) is 7.05 Å². The summed E-state index contributed by atoms with van der Waals surface area (Å²) in [6.45, 7) is 4.42. The Hall–Kier alpha value is -1.24. The van der Waals surface area contributed by atoms with Crippen molar-refractivity contribution >= 4 is 11.6 Å². The SMILES string of the molecule is CNC(C#N)CCOc1cc(C)c(Cl)c(C)c1. The highest BCUT2D eigenvalue weighted by Gasteiger charge is 2.06. The highest BCUT2D eigenvalue weighted by atomic mass is 35.5. The van der Waals surface area contributed by atoms with Crippen LogP contribution in [-0.2, 0) is 0 Å². The molecule has 1 unspecified atom stereocenters. The molecule has 1 N–H and O–H groups in total. The smallest absolute Gasteiger partial charge is 0.119 e. The molecule has 0 aliphatic rings. The molecule has 0 fully saturated rings. The number of halogens is 1. The zero-order valence-electron chi connectivity index (χ0n) is 10.4. The minimum atomic E-state index is -0.163. The topological polar surface area (TPSA) is 45.0 Å². The number of hydrogen-bond donors (Lipinski definition) is 1. The molecule has 0 aromatic heterocycles. The predicted octanol–water partition coefficient (Wildman–Crippen LogP) is 2.84. The van der Waals surface area contributed by atoms with Crippen molar-refractivity contribution in [2.45, 2.75) is 26.3 Å². The molecule has 0 aliphatic heterocycles. The van der Waals surface area contributed by atoms with E-state index in [2.05, 4.69) is 11.4 Å². The largest absolute Gasteiger partial charge is 0.493 e. The molecule has 1 aromatic rings. The second-order valence-corrected chi connectivity index (χ2v) is 4.36. The Morgan fingerprint density at radius 1 is 1.41 bits per heavy atom. The highest BCUT2D eigenvalue weighted by molar-refractivity contribution is 6.32. The van der Waals surface area contributed by atoms with Crippen molar-refractivity contribution in [3.05, 3.63) is 28.3 Å². The number of aryl methyl sites for hydroxylation is 2. The summed E-state index contributed by atoms with van der Waals surface area (Å²) in [5, 5.41) is 12.5. The molecule has 0 saturated heterocycles. The van der Waals surface area contributed by atoms with Gasteiger partial charge in [0.15, 0.2) is 0 Å². The lowest BCUT2D eigenvalue weighted by Crippen LogP contribution is -2.25. The molecule has 3 nitrogen and oxygen atoms in total. The van der Waals surface area contributed by atoms with Gasteiger partial charge in [-0.05, 0) is 44.2 Å². The molecule has 0 spiro atoms. The molecule has 0 heterocycles. The molecule has 92 valence electrons. The van der Waals surface area contributed by atoms with E-state index in [1.807, 2.05) is 26.0 Å². The van der Waals surface area contributed by atoms with Crippen molar-refractivity contribution in [3.8, 4) is 11.8 Å². The summed E-state index contributed by atoms with van der Waals surface area (Å²) >= 11 is 6.07. The van der Waals surface area contributed by atoms with Gasteiger partial charge in [-0.3, -0.25) is 0 Å². The average molecular weight is 253 g/mol. The molecule has 1 atom stereocenters. The summed E-state index contributed by atoms with van der Waals surface area (Å²) in [5.41, 5.74) is 2.01. The fourth-order valence-corrected chi connectivity index (χ4v) is 1.67. The number of nitrogens with one attached hydrogen (secondary N) is 1. The van der Waals surface area contributed by atoms with Gasteiger partial charge in [-0.15, -0.1) is 0 Å². The van der Waals surface area contributed by atoms with Crippen LogP contribution in [0.15, 0.2) is 12.1 Å². The Labute approximate surface area is 107 Å². The Morgan fingerprint density at radius 3 is 2.47 bits per heavy atom. The molecule has 0 radical (unpaired) electrons. The molecule has 0 saturated carbocycles. The molecular weight excluding hydrogens is 236 g/mol. The molecule has 0 bridgehead atoms. The van der Waals surface area contributed by atoms with Gasteiger partial charge in [0.1, 0.15) is 5.75 Å². The van der Waals surface area contributed by atoms with E-state index in [9.17, 15) is 0 Å². The van der Waals surface area contributed by atoms with Gasteiger partial charge in [0.05, 0.1) is 18.7 Å². The fourth-order valence-electron chi connectivity index (χ4n) is 1.56. The van der Waals surface area contributed by atoms with Gasteiger partial charge in [-0.2, -0.15) is 5.26 Å². The van der Waals surface area contributed by atoms with Crippen LogP contribution in [0.1, 0.15) is 17.5 Å². The van der Waals surface area contributed by atoms with E-state index < -0.39 is 0 Å². The van der Waals surface area contributed by atoms with Crippen molar-refractivity contribution in [1.82, 2.24) is 5.32 Å². The van der Waals surface area contributed by atoms with E-state index in [4.69, 9.17) is 21.6 Å². The van der Waals surface area contributed by atoms with Crippen LogP contribution >= 0.6 is 11.6 Å². The third-order valence-electron chi connectivity index (χ3n) is 2.59. The standard InChI is InChI=1S/C13H17ClN2O/c1-9-6-12(7-10(2)13(9)14)17-5-4-11(8-15)16-3/h6-7,11,16H,4-5H2,1-3H3. The number of rotatable bonds is 5. The lowest BCUT2D eigenvalue weighted by atomic mass is 10.1. The van der Waals surface area contributed by atoms with Crippen LogP contribution < -0.4 is 10.1 Å². The maximum atomic E-state index is 8.76. The Morgan fingerprint density at radius 2 is 2.00 bits per heavy atom. The number of ether oxygens (including phenoxy) is 1. The monoisotopic (exact) mass is 252 g/mol. The second kappa shape index (κ2) is 6.48. The molecule has 0 amide bonds. The quantitative estimate of drug-likeness (QED) is 0.877. The Balaban J connectivity index is 2.56. The summed E-state index contributed by atoms with van der Waals surface area (Å²) in [4.78, 5) is 0. The van der Waals surface area contributed by atoms with Crippen LogP contribution in [0, 0.1) is 25.2 Å². The summed E-state index contributed by atoms with van der Waals surface area (Å²) in [7, 11) is 1.77. The average Bonchev–Trinajstić information content (AvgIpc) is 2.31. The summed E-state index contributed by atoms with van der Waals surface area (Å²) in [6.07, 6.45) is 0.660. The zero-order valence-corrected chi connectivity index (χ0v) is 11.1. The number of nitrogens with zero attached hydrogens (tertiary/aromatic N) is 1. The summed E-state index contributed by atoms with van der Waals surface area (Å²) < 4.78 is 5.61. The predicted molar refractivity (Wildman–Crippen MR) is 69.5 cm³/mol. The first-order valence-corrected chi connectivity index (χ1v) is 5.92. The first-order valence-electron chi connectivity index (χ1n) is 5.55. The lowest BCUT2D eigenvalue weighted by Gasteiger charge is -2.11. The molecular formula is C13H17ClN2O. The van der Waals surface area contributed by atoms with Crippen LogP contribution in [-0.4, -0.2) is 19.7 Å². The number of nitriles is 1. The fraction of sp³-hybridized carbons (Fsp3) is 0.462. The second-order valence-electron chi connectivity index (χ2n) is 3.98. The molecule has 1 rings (SSSR count). The van der Waals surface area contributed by atoms with Gasteiger partial charge < -0.3 is 10.1 Å². The van der Waals surface area contributed by atoms with Crippen molar-refractivity contribution in [1.29, 1.82) is 5.26 Å². The van der Waals surface area contributed by atoms with Gasteiger partial charge in [-0.25, -0.2) is 0 Å². The van der Waals surface area contributed by atoms with E-state index >= 15 is 0 Å². The van der Waals surface area contributed by atoms with Crippen LogP contribution in [0.3, 0.4) is 0 Å². The molecule has 0 aliphatic carbocycles. The number of hydrogen-bond acceptors (Lipinski definition) is 3. The zero-order chi connectivity index (χ0) is 12.8. The van der Waals surface area contributed by atoms with E-state index in [-0.39, 0.29) is 6.04 Å². The van der Waals surface area contributed by atoms with Crippen molar-refractivity contribution in [3.63, 3.8) is 0 Å². The van der Waals surface area contributed by atoms with Crippen molar-refractivity contribution in [2.24, 2.45) is 0 Å². The first kappa shape index (κ1) is 13.8. The Kier molecular flexibility index (Phi) is 5.27. The molecule has 17 heavy (non-hydrogen) atoms. The van der Waals surface area contributed by atoms with Crippen LogP contribution in [0.2, 0.25) is 5.02 Å². The van der Waals surface area contributed by atoms with Crippen LogP contribution in [0.4, 0.5) is 0 Å². The van der Waals surface area contributed by atoms with Gasteiger partial charge in [0.25, 0.3) is 0 Å². The van der Waals surface area contributed by atoms with Gasteiger partial charge in [-0.1, -0.05) is 11.6 Å². The minimum absolute atomic E-state index is 0.163. The van der Waals surface area contributed by atoms with E-state index in [1.165, 1.54) is 0 Å². The molecule has 1 aromatic carbocycles. The van der Waals surface area contributed by atoms with E-state index in [0.717, 1.165) is 21.9 Å². The van der Waals surface area contributed by atoms with Crippen LogP contribution in [0.25, 0.3) is 0 Å². The summed E-state index contributed by atoms with van der Waals surface area (Å²) in [6, 6.07) is 5.82. The highest BCUT2D eigenvalue weighted by Crippen LogP contribution is 2.25. The normalized spacial score (nSPS) is 11.9. The third-order valence-corrected chi connectivity index (χ3v) is 3.19. The van der Waals surface area contributed by atoms with Gasteiger partial charge in [0, 0.05) is 11.4 Å². The molecule has 4 heteroatoms. The van der Waals surface area contributed by atoms with Gasteiger partial charge in [0.2, 0.25) is 0 Å². The van der Waals surface area contributed by atoms with Crippen molar-refractivity contribution in [2.75, 3.05) is 13.7 Å².